The van der Waals surface area contributed by atoms with Gasteiger partial charge in [0.15, 0.2) is 0 Å². The lowest BCUT2D eigenvalue weighted by Gasteiger charge is -2.40. The maximum absolute atomic E-state index is 12.7. The molecule has 2 heterocycles. The van der Waals surface area contributed by atoms with Gasteiger partial charge in [-0.3, -0.25) is 9.69 Å². The van der Waals surface area contributed by atoms with E-state index in [2.05, 4.69) is 45.4 Å². The van der Waals surface area contributed by atoms with Crippen LogP contribution in [0.25, 0.3) is 0 Å². The van der Waals surface area contributed by atoms with E-state index in [9.17, 15) is 4.79 Å². The molecule has 1 aromatic carbocycles. The van der Waals surface area contributed by atoms with Gasteiger partial charge in [-0.15, -0.1) is 0 Å². The van der Waals surface area contributed by atoms with Crippen molar-refractivity contribution in [2.24, 2.45) is 11.8 Å². The molecule has 2 aliphatic heterocycles. The molecule has 1 aliphatic carbocycles. The van der Waals surface area contributed by atoms with Crippen molar-refractivity contribution in [2.75, 3.05) is 52.5 Å². The highest BCUT2D eigenvalue weighted by Gasteiger charge is 2.34. The first-order valence-electron chi connectivity index (χ1n) is 10.6. The van der Waals surface area contributed by atoms with Gasteiger partial charge in [-0.05, 0) is 37.2 Å². The Morgan fingerprint density at radius 1 is 1.07 bits per heavy atom. The fraction of sp³-hybridized carbons (Fsp3) is 0.682. The second-order valence-electron chi connectivity index (χ2n) is 8.49. The van der Waals surface area contributed by atoms with Crippen LogP contribution in [0.1, 0.15) is 24.8 Å². The molecule has 3 fully saturated rings. The van der Waals surface area contributed by atoms with Crippen molar-refractivity contribution in [1.29, 1.82) is 0 Å². The molecule has 4 rings (SSSR count). The van der Waals surface area contributed by atoms with E-state index < -0.39 is 0 Å². The van der Waals surface area contributed by atoms with Crippen LogP contribution < -0.4 is 5.32 Å². The highest BCUT2D eigenvalue weighted by atomic mass is 16.5. The summed E-state index contributed by atoms with van der Waals surface area (Å²) in [4.78, 5) is 17.8. The van der Waals surface area contributed by atoms with Gasteiger partial charge in [-0.1, -0.05) is 30.3 Å². The number of hydrogen-bond acceptors (Lipinski definition) is 4. The molecule has 148 valence electrons. The molecular formula is C22H33N3O2. The van der Waals surface area contributed by atoms with E-state index in [1.165, 1.54) is 5.56 Å². The van der Waals surface area contributed by atoms with Crippen molar-refractivity contribution in [2.45, 2.75) is 31.7 Å². The van der Waals surface area contributed by atoms with Crippen molar-refractivity contribution in [3.8, 4) is 0 Å². The third-order valence-electron chi connectivity index (χ3n) is 6.09. The molecule has 2 atom stereocenters. The smallest absolute Gasteiger partial charge is 0.224 e. The van der Waals surface area contributed by atoms with Gasteiger partial charge in [-0.25, -0.2) is 0 Å². The molecule has 1 N–H and O–H groups in total. The molecule has 2 saturated heterocycles. The number of hydrogen-bond donors (Lipinski definition) is 1. The van der Waals surface area contributed by atoms with Crippen LogP contribution in [0.4, 0.5) is 0 Å². The third kappa shape index (κ3) is 5.77. The summed E-state index contributed by atoms with van der Waals surface area (Å²) >= 11 is 0. The fourth-order valence-electron chi connectivity index (χ4n) is 4.44. The Morgan fingerprint density at radius 2 is 1.85 bits per heavy atom. The maximum Gasteiger partial charge on any atom is 0.224 e. The van der Waals surface area contributed by atoms with Gasteiger partial charge in [0.1, 0.15) is 0 Å². The van der Waals surface area contributed by atoms with Crippen LogP contribution in [0.5, 0.6) is 0 Å². The summed E-state index contributed by atoms with van der Waals surface area (Å²) in [6.07, 6.45) is 4.40. The third-order valence-corrected chi connectivity index (χ3v) is 6.09. The lowest BCUT2D eigenvalue weighted by molar-refractivity contribution is -0.127. The Kier molecular flexibility index (Phi) is 6.43. The van der Waals surface area contributed by atoms with E-state index in [4.69, 9.17) is 4.74 Å². The van der Waals surface area contributed by atoms with E-state index in [0.717, 1.165) is 78.2 Å². The molecule has 1 saturated carbocycles. The summed E-state index contributed by atoms with van der Waals surface area (Å²) in [5.41, 5.74) is 1.38. The summed E-state index contributed by atoms with van der Waals surface area (Å²) < 4.78 is 5.49. The first-order chi connectivity index (χ1) is 13.3. The van der Waals surface area contributed by atoms with E-state index in [1.54, 1.807) is 0 Å². The van der Waals surface area contributed by atoms with Crippen molar-refractivity contribution >= 4 is 5.91 Å². The van der Waals surface area contributed by atoms with Gasteiger partial charge >= 0.3 is 0 Å². The fourth-order valence-corrected chi connectivity index (χ4v) is 4.44. The van der Waals surface area contributed by atoms with E-state index in [0.29, 0.717) is 12.0 Å². The largest absolute Gasteiger partial charge is 0.379 e. The number of ether oxygens (including phenoxy) is 1. The molecule has 0 radical (unpaired) electrons. The number of amides is 1. The highest BCUT2D eigenvalue weighted by molar-refractivity contribution is 5.79. The lowest BCUT2D eigenvalue weighted by atomic mass is 9.87. The molecule has 0 aromatic heterocycles. The average Bonchev–Trinajstić information content (AvgIpc) is 3.52. The number of carbonyl (C=O) groups excluding carboxylic acids is 1. The van der Waals surface area contributed by atoms with Gasteiger partial charge < -0.3 is 15.0 Å². The van der Waals surface area contributed by atoms with Gasteiger partial charge in [0.05, 0.1) is 19.1 Å². The number of benzene rings is 1. The second kappa shape index (κ2) is 9.18. The van der Waals surface area contributed by atoms with Crippen LogP contribution in [-0.4, -0.2) is 74.2 Å². The minimum Gasteiger partial charge on any atom is -0.379 e. The van der Waals surface area contributed by atoms with Crippen molar-refractivity contribution in [3.05, 3.63) is 35.9 Å². The molecule has 0 unspecified atom stereocenters. The van der Waals surface area contributed by atoms with Crippen LogP contribution >= 0.6 is 0 Å². The topological polar surface area (TPSA) is 44.8 Å². The Balaban J connectivity index is 1.35. The van der Waals surface area contributed by atoms with Crippen LogP contribution in [0, 0.1) is 11.8 Å². The minimum atomic E-state index is 0.140. The molecule has 5 heteroatoms. The van der Waals surface area contributed by atoms with Crippen LogP contribution in [0.2, 0.25) is 0 Å². The number of piperidine rings is 1. The number of likely N-dealkylation sites (tertiary alicyclic amines) is 1. The molecule has 3 aliphatic rings. The highest BCUT2D eigenvalue weighted by Crippen LogP contribution is 2.26. The summed E-state index contributed by atoms with van der Waals surface area (Å²) in [5, 5.41) is 3.24. The normalized spacial score (nSPS) is 27.4. The van der Waals surface area contributed by atoms with Gasteiger partial charge in [0.2, 0.25) is 5.91 Å². The summed E-state index contributed by atoms with van der Waals surface area (Å²) in [5.74, 6) is 0.998. The molecule has 5 nitrogen and oxygen atoms in total. The molecule has 0 spiro atoms. The zero-order chi connectivity index (χ0) is 18.5. The zero-order valence-electron chi connectivity index (χ0n) is 16.3. The first-order valence-corrected chi connectivity index (χ1v) is 10.6. The van der Waals surface area contributed by atoms with Crippen LogP contribution in [0.15, 0.2) is 30.3 Å². The second-order valence-corrected chi connectivity index (χ2v) is 8.49. The number of morpholine rings is 1. The van der Waals surface area contributed by atoms with E-state index in [1.807, 2.05) is 0 Å². The number of nitrogens with one attached hydrogen (secondary N) is 1. The molecule has 1 aromatic rings. The number of nitrogens with zero attached hydrogens (tertiary/aromatic N) is 2. The summed E-state index contributed by atoms with van der Waals surface area (Å²) in [6, 6.07) is 11.1. The van der Waals surface area contributed by atoms with Crippen molar-refractivity contribution < 1.29 is 9.53 Å². The van der Waals surface area contributed by atoms with Gasteiger partial charge in [0.25, 0.3) is 0 Å². The number of carbonyl (C=O) groups is 1. The standard InChI is InChI=1S/C22H33N3O2/c26-22(23-21-6-7-21)20-14-19(15-24-10-12-27-13-11-24)16-25(17-20)9-8-18-4-2-1-3-5-18/h1-5,19-21H,6-17H2,(H,23,26)/t19-,20-/m1/s1. The molecule has 27 heavy (non-hydrogen) atoms. The van der Waals surface area contributed by atoms with Crippen molar-refractivity contribution in [3.63, 3.8) is 0 Å². The Labute approximate surface area is 163 Å². The first kappa shape index (κ1) is 18.9. The lowest BCUT2D eigenvalue weighted by Crippen LogP contribution is -2.50. The molecule has 1 amide bonds. The number of rotatable bonds is 7. The van der Waals surface area contributed by atoms with Crippen LogP contribution in [-0.2, 0) is 16.0 Å². The zero-order valence-corrected chi connectivity index (χ0v) is 16.3. The average molecular weight is 372 g/mol. The van der Waals surface area contributed by atoms with Gasteiger partial charge in [0, 0.05) is 45.3 Å². The predicted molar refractivity (Wildman–Crippen MR) is 107 cm³/mol. The predicted octanol–water partition coefficient (Wildman–Crippen LogP) is 1.78. The Hall–Kier alpha value is -1.43. The Bertz CT molecular complexity index is 599. The van der Waals surface area contributed by atoms with Crippen molar-refractivity contribution in [1.82, 2.24) is 15.1 Å². The minimum absolute atomic E-state index is 0.140. The molecule has 0 bridgehead atoms. The molecular weight excluding hydrogens is 338 g/mol. The summed E-state index contributed by atoms with van der Waals surface area (Å²) in [6.45, 7) is 7.89. The van der Waals surface area contributed by atoms with Gasteiger partial charge in [-0.2, -0.15) is 0 Å². The van der Waals surface area contributed by atoms with E-state index in [-0.39, 0.29) is 11.8 Å². The SMILES string of the molecule is O=C(NC1CC1)[C@@H]1C[C@H](CN2CCOCC2)CN(CCc2ccccc2)C1. The summed E-state index contributed by atoms with van der Waals surface area (Å²) in [7, 11) is 0. The monoisotopic (exact) mass is 371 g/mol. The van der Waals surface area contributed by atoms with Crippen LogP contribution in [0.3, 0.4) is 0 Å². The maximum atomic E-state index is 12.7. The quantitative estimate of drug-likeness (QED) is 0.794. The van der Waals surface area contributed by atoms with E-state index >= 15 is 0 Å². The Morgan fingerprint density at radius 3 is 2.59 bits per heavy atom.